The van der Waals surface area contributed by atoms with Gasteiger partial charge in [0.15, 0.2) is 6.10 Å². The van der Waals surface area contributed by atoms with Crippen LogP contribution in [0.4, 0.5) is 4.79 Å². The van der Waals surface area contributed by atoms with Crippen molar-refractivity contribution in [2.45, 2.75) is 52.1 Å². The van der Waals surface area contributed by atoms with E-state index in [1.165, 1.54) is 12.5 Å². The van der Waals surface area contributed by atoms with Gasteiger partial charge in [-0.15, -0.1) is 0 Å². The summed E-state index contributed by atoms with van der Waals surface area (Å²) < 4.78 is 5.16. The largest absolute Gasteiger partial charge is 0.453 e. The van der Waals surface area contributed by atoms with E-state index in [1.54, 1.807) is 0 Å². The summed E-state index contributed by atoms with van der Waals surface area (Å²) in [5.41, 5.74) is 2.37. The van der Waals surface area contributed by atoms with Gasteiger partial charge in [0, 0.05) is 19.5 Å². The van der Waals surface area contributed by atoms with E-state index in [0.717, 1.165) is 10.5 Å². The summed E-state index contributed by atoms with van der Waals surface area (Å²) in [6.07, 6.45) is -0.216. The molecule has 1 aromatic carbocycles. The maximum absolute atomic E-state index is 12.1. The van der Waals surface area contributed by atoms with Gasteiger partial charge in [-0.2, -0.15) is 0 Å². The van der Waals surface area contributed by atoms with Crippen LogP contribution in [-0.2, 0) is 26.2 Å². The number of imide groups is 1. The Morgan fingerprint density at radius 3 is 2.40 bits per heavy atom. The van der Waals surface area contributed by atoms with Gasteiger partial charge in [0.05, 0.1) is 0 Å². The molecule has 0 unspecified atom stereocenters. The molecule has 136 valence electrons. The highest BCUT2D eigenvalue weighted by molar-refractivity contribution is 5.98. The number of amides is 3. The number of esters is 1. The Kier molecular flexibility index (Phi) is 5.82. The van der Waals surface area contributed by atoms with Crippen LogP contribution in [0.2, 0.25) is 0 Å². The molecule has 6 nitrogen and oxygen atoms in total. The molecule has 0 aromatic heterocycles. The van der Waals surface area contributed by atoms with Crippen molar-refractivity contribution in [2.75, 3.05) is 13.1 Å². The van der Waals surface area contributed by atoms with Gasteiger partial charge in [-0.25, -0.2) is 4.79 Å². The van der Waals surface area contributed by atoms with Crippen molar-refractivity contribution >= 4 is 17.9 Å². The van der Waals surface area contributed by atoms with Crippen molar-refractivity contribution in [3.8, 4) is 0 Å². The topological polar surface area (TPSA) is 75.7 Å². The van der Waals surface area contributed by atoms with E-state index in [0.29, 0.717) is 19.5 Å². The molecule has 6 heteroatoms. The third-order valence-electron chi connectivity index (χ3n) is 4.22. The van der Waals surface area contributed by atoms with E-state index in [-0.39, 0.29) is 11.8 Å². The zero-order valence-corrected chi connectivity index (χ0v) is 15.3. The highest BCUT2D eigenvalue weighted by Gasteiger charge is 2.31. The number of benzene rings is 1. The summed E-state index contributed by atoms with van der Waals surface area (Å²) in [5.74, 6) is -0.932. The van der Waals surface area contributed by atoms with Crippen LogP contribution in [-0.4, -0.2) is 42.0 Å². The molecule has 1 aromatic rings. The first-order chi connectivity index (χ1) is 11.7. The van der Waals surface area contributed by atoms with Crippen LogP contribution in [0.5, 0.6) is 0 Å². The van der Waals surface area contributed by atoms with Crippen molar-refractivity contribution in [1.82, 2.24) is 10.2 Å². The summed E-state index contributed by atoms with van der Waals surface area (Å²) in [6.45, 7) is 8.68. The molecule has 2 rings (SSSR count). The molecule has 3 amide bonds. The Morgan fingerprint density at radius 2 is 1.88 bits per heavy atom. The number of urea groups is 1. The van der Waals surface area contributed by atoms with Crippen molar-refractivity contribution < 1.29 is 19.1 Å². The fraction of sp³-hybridized carbons (Fsp3) is 0.526. The van der Waals surface area contributed by atoms with Crippen LogP contribution in [0.25, 0.3) is 0 Å². The van der Waals surface area contributed by atoms with E-state index in [2.05, 4.69) is 38.2 Å². The number of nitrogens with zero attached hydrogens (tertiary/aromatic N) is 1. The van der Waals surface area contributed by atoms with Crippen LogP contribution >= 0.6 is 0 Å². The fourth-order valence-corrected chi connectivity index (χ4v) is 2.63. The molecule has 1 N–H and O–H groups in total. The van der Waals surface area contributed by atoms with Crippen molar-refractivity contribution in [1.29, 1.82) is 0 Å². The second kappa shape index (κ2) is 7.68. The normalized spacial score (nSPS) is 15.7. The number of ether oxygens (including phenoxy) is 1. The van der Waals surface area contributed by atoms with Crippen LogP contribution in [0.15, 0.2) is 24.3 Å². The first-order valence-corrected chi connectivity index (χ1v) is 8.56. The molecular weight excluding hydrogens is 320 g/mol. The third-order valence-corrected chi connectivity index (χ3v) is 4.22. The van der Waals surface area contributed by atoms with Gasteiger partial charge >= 0.3 is 12.0 Å². The van der Waals surface area contributed by atoms with E-state index in [1.807, 2.05) is 12.1 Å². The van der Waals surface area contributed by atoms with E-state index < -0.39 is 24.0 Å². The van der Waals surface area contributed by atoms with Crippen molar-refractivity contribution in [3.63, 3.8) is 0 Å². The summed E-state index contributed by atoms with van der Waals surface area (Å²) in [5, 5.41) is 2.55. The van der Waals surface area contributed by atoms with E-state index in [9.17, 15) is 14.4 Å². The van der Waals surface area contributed by atoms with Crippen LogP contribution < -0.4 is 5.32 Å². The molecule has 1 heterocycles. The Hall–Kier alpha value is -2.37. The maximum Gasteiger partial charge on any atom is 0.324 e. The smallest absolute Gasteiger partial charge is 0.324 e. The first kappa shape index (κ1) is 19.0. The summed E-state index contributed by atoms with van der Waals surface area (Å²) in [4.78, 5) is 36.6. The van der Waals surface area contributed by atoms with E-state index >= 15 is 0 Å². The SMILES string of the molecule is C[C@H](OC(=O)CCc1ccc(C(C)(C)C)cc1)C(=O)N1CCNC1=O. The highest BCUT2D eigenvalue weighted by Crippen LogP contribution is 2.22. The van der Waals surface area contributed by atoms with Crippen molar-refractivity contribution in [2.24, 2.45) is 0 Å². The van der Waals surface area contributed by atoms with Crippen LogP contribution in [0.3, 0.4) is 0 Å². The highest BCUT2D eigenvalue weighted by atomic mass is 16.5. The van der Waals surface area contributed by atoms with Crippen molar-refractivity contribution in [3.05, 3.63) is 35.4 Å². The lowest BCUT2D eigenvalue weighted by Crippen LogP contribution is -2.41. The average molecular weight is 346 g/mol. The molecule has 1 saturated heterocycles. The number of carbonyl (C=O) groups is 3. The number of hydrogen-bond acceptors (Lipinski definition) is 4. The van der Waals surface area contributed by atoms with Gasteiger partial charge in [0.1, 0.15) is 0 Å². The van der Waals surface area contributed by atoms with Gasteiger partial charge in [0.25, 0.3) is 5.91 Å². The molecule has 25 heavy (non-hydrogen) atoms. The predicted octanol–water partition coefficient (Wildman–Crippen LogP) is 2.40. The molecule has 0 radical (unpaired) electrons. The second-order valence-corrected chi connectivity index (χ2v) is 7.30. The minimum atomic E-state index is -0.959. The number of hydrogen-bond donors (Lipinski definition) is 1. The number of aryl methyl sites for hydroxylation is 1. The quantitative estimate of drug-likeness (QED) is 0.831. The average Bonchev–Trinajstić information content (AvgIpc) is 2.97. The Bertz CT molecular complexity index is 646. The van der Waals surface area contributed by atoms with E-state index in [4.69, 9.17) is 4.74 Å². The minimum Gasteiger partial charge on any atom is -0.453 e. The standard InChI is InChI=1S/C19H26N2O4/c1-13(17(23)21-12-11-20-18(21)24)25-16(22)10-7-14-5-8-15(9-6-14)19(2,3)4/h5-6,8-9,13H,7,10-12H2,1-4H3,(H,20,24)/t13-/m0/s1. The first-order valence-electron chi connectivity index (χ1n) is 8.56. The van der Waals surface area contributed by atoms with Crippen LogP contribution in [0.1, 0.15) is 45.2 Å². The predicted molar refractivity (Wildman–Crippen MR) is 94.1 cm³/mol. The van der Waals surface area contributed by atoms with Crippen LogP contribution in [0, 0.1) is 0 Å². The zero-order chi connectivity index (χ0) is 18.6. The molecule has 0 bridgehead atoms. The third kappa shape index (κ3) is 5.05. The maximum atomic E-state index is 12.1. The lowest BCUT2D eigenvalue weighted by molar-refractivity contribution is -0.157. The number of nitrogens with one attached hydrogen (secondary N) is 1. The van der Waals surface area contributed by atoms with Gasteiger partial charge in [-0.1, -0.05) is 45.0 Å². The monoisotopic (exact) mass is 346 g/mol. The summed E-state index contributed by atoms with van der Waals surface area (Å²) >= 11 is 0. The molecule has 1 aliphatic rings. The van der Waals surface area contributed by atoms with Gasteiger partial charge in [-0.05, 0) is 29.9 Å². The number of carbonyl (C=O) groups excluding carboxylic acids is 3. The van der Waals surface area contributed by atoms with Gasteiger partial charge < -0.3 is 10.1 Å². The van der Waals surface area contributed by atoms with Gasteiger partial charge in [-0.3, -0.25) is 14.5 Å². The number of rotatable bonds is 5. The lowest BCUT2D eigenvalue weighted by Gasteiger charge is -2.19. The Labute approximate surface area is 148 Å². The molecule has 1 aliphatic heterocycles. The molecule has 0 saturated carbocycles. The molecule has 1 fully saturated rings. The summed E-state index contributed by atoms with van der Waals surface area (Å²) in [7, 11) is 0. The summed E-state index contributed by atoms with van der Waals surface area (Å²) in [6, 6.07) is 7.72. The molecule has 1 atom stereocenters. The van der Waals surface area contributed by atoms with Gasteiger partial charge in [0.2, 0.25) is 0 Å². The zero-order valence-electron chi connectivity index (χ0n) is 15.3. The lowest BCUT2D eigenvalue weighted by atomic mass is 9.86. The minimum absolute atomic E-state index is 0.0924. The fourth-order valence-electron chi connectivity index (χ4n) is 2.63. The molecule has 0 aliphatic carbocycles. The molecule has 0 spiro atoms. The second-order valence-electron chi connectivity index (χ2n) is 7.30. The Morgan fingerprint density at radius 1 is 1.24 bits per heavy atom. The Balaban J connectivity index is 1.82. The molecular formula is C19H26N2O4.